The van der Waals surface area contributed by atoms with Crippen molar-refractivity contribution in [3.8, 4) is 0 Å². The molecule has 0 radical (unpaired) electrons. The summed E-state index contributed by atoms with van der Waals surface area (Å²) in [6.45, 7) is 6.03. The molecule has 0 bridgehead atoms. The molecule has 0 aromatic rings. The van der Waals surface area contributed by atoms with E-state index in [1.807, 2.05) is 0 Å². The van der Waals surface area contributed by atoms with E-state index in [4.69, 9.17) is 5.73 Å². The number of aliphatic hydroxyl groups is 2. The predicted octanol–water partition coefficient (Wildman–Crippen LogP) is -1.95. The molecule has 29 heavy (non-hydrogen) atoms. The van der Waals surface area contributed by atoms with Crippen molar-refractivity contribution in [1.29, 1.82) is 0 Å². The van der Waals surface area contributed by atoms with Crippen molar-refractivity contribution in [2.24, 2.45) is 23.5 Å². The monoisotopic (exact) mass is 412 g/mol. The predicted molar refractivity (Wildman–Crippen MR) is 103 cm³/mol. The maximum atomic E-state index is 12.8. The molecule has 0 spiro atoms. The van der Waals surface area contributed by atoms with Gasteiger partial charge in [-0.2, -0.15) is 0 Å². The minimum atomic E-state index is -1.17. The lowest BCUT2D eigenvalue weighted by Crippen LogP contribution is -2.52. The third kappa shape index (κ3) is 5.45. The Morgan fingerprint density at radius 2 is 1.48 bits per heavy atom. The summed E-state index contributed by atoms with van der Waals surface area (Å²) in [6, 6.07) is -1.17. The molecule has 2 aliphatic rings. The molecule has 2 aliphatic heterocycles. The molecule has 4 amide bonds. The van der Waals surface area contributed by atoms with E-state index in [0.29, 0.717) is 32.5 Å². The largest absolute Gasteiger partial charge is 0.393 e. The summed E-state index contributed by atoms with van der Waals surface area (Å²) in [6.07, 6.45) is -0.851. The highest BCUT2D eigenvalue weighted by Crippen LogP contribution is 2.25. The third-order valence-electron chi connectivity index (χ3n) is 5.92. The Balaban J connectivity index is 1.88. The first-order chi connectivity index (χ1) is 13.5. The van der Waals surface area contributed by atoms with Gasteiger partial charge in [0.15, 0.2) is 0 Å². The van der Waals surface area contributed by atoms with Crippen LogP contribution in [0.5, 0.6) is 0 Å². The number of carbonyl (C=O) groups excluding carboxylic acids is 4. The van der Waals surface area contributed by atoms with E-state index >= 15 is 0 Å². The number of carbonyl (C=O) groups is 4. The molecule has 0 aromatic carbocycles. The lowest BCUT2D eigenvalue weighted by Gasteiger charge is -2.24. The van der Waals surface area contributed by atoms with Gasteiger partial charge in [0.05, 0.1) is 30.0 Å². The number of nitrogens with two attached hydrogens (primary N) is 1. The molecule has 0 saturated carbocycles. The number of rotatable bonds is 7. The van der Waals surface area contributed by atoms with Gasteiger partial charge < -0.3 is 31.1 Å². The lowest BCUT2D eigenvalue weighted by atomic mass is 10.0. The van der Waals surface area contributed by atoms with Crippen LogP contribution in [0.25, 0.3) is 0 Å². The highest BCUT2D eigenvalue weighted by molar-refractivity contribution is 5.89. The zero-order valence-corrected chi connectivity index (χ0v) is 17.2. The number of amides is 4. The number of primary amides is 1. The van der Waals surface area contributed by atoms with E-state index in [1.165, 1.54) is 6.92 Å². The summed E-state index contributed by atoms with van der Waals surface area (Å²) < 4.78 is 0. The zero-order valence-electron chi connectivity index (χ0n) is 17.2. The fourth-order valence-electron chi connectivity index (χ4n) is 3.79. The molecule has 5 N–H and O–H groups in total. The number of nitrogens with zero attached hydrogens (tertiary/aromatic N) is 2. The molecule has 10 nitrogen and oxygen atoms in total. The fraction of sp³-hybridized carbons (Fsp3) is 0.789. The smallest absolute Gasteiger partial charge is 0.242 e. The molecule has 0 unspecified atom stereocenters. The Kier molecular flexibility index (Phi) is 7.59. The van der Waals surface area contributed by atoms with E-state index in [9.17, 15) is 29.4 Å². The van der Waals surface area contributed by atoms with Crippen molar-refractivity contribution in [2.75, 3.05) is 26.2 Å². The van der Waals surface area contributed by atoms with Crippen molar-refractivity contribution in [2.45, 2.75) is 51.9 Å². The van der Waals surface area contributed by atoms with Crippen molar-refractivity contribution >= 4 is 23.6 Å². The fourth-order valence-corrected chi connectivity index (χ4v) is 3.79. The standard InChI is InChI=1S/C19H32N4O6/c1-10(11(2)24)18(28)22-7-5-14(9-22)19(29)23-6-4-13(8-23)17(27)21-15(12(3)25)16(20)26/h10-15,24-25H,4-9H2,1-3H3,(H2,20,26)(H,21,27)/t10-,11+,12+,13+,14+,15-/m0/s1. The number of likely N-dealkylation sites (tertiary alicyclic amines) is 2. The summed E-state index contributed by atoms with van der Waals surface area (Å²) in [7, 11) is 0. The Bertz CT molecular complexity index is 653. The van der Waals surface area contributed by atoms with E-state index in [-0.39, 0.29) is 24.3 Å². The van der Waals surface area contributed by atoms with Gasteiger partial charge in [-0.3, -0.25) is 19.2 Å². The average Bonchev–Trinajstić information content (AvgIpc) is 3.33. The first kappa shape index (κ1) is 23.1. The van der Waals surface area contributed by atoms with Crippen molar-refractivity contribution in [3.05, 3.63) is 0 Å². The minimum Gasteiger partial charge on any atom is -0.393 e. The van der Waals surface area contributed by atoms with Crippen LogP contribution in [0.1, 0.15) is 33.6 Å². The first-order valence-corrected chi connectivity index (χ1v) is 10.1. The molecule has 2 saturated heterocycles. The van der Waals surface area contributed by atoms with Gasteiger partial charge in [0.25, 0.3) is 0 Å². The second kappa shape index (κ2) is 9.53. The topological polar surface area (TPSA) is 153 Å². The molecule has 2 fully saturated rings. The number of hydrogen-bond donors (Lipinski definition) is 4. The zero-order chi connectivity index (χ0) is 21.9. The average molecular weight is 412 g/mol. The van der Waals surface area contributed by atoms with Crippen LogP contribution >= 0.6 is 0 Å². The number of nitrogens with one attached hydrogen (secondary N) is 1. The van der Waals surface area contributed by atoms with Gasteiger partial charge in [-0.25, -0.2) is 0 Å². The molecule has 6 atom stereocenters. The molecule has 10 heteroatoms. The van der Waals surface area contributed by atoms with E-state index < -0.39 is 41.9 Å². The van der Waals surface area contributed by atoms with Gasteiger partial charge >= 0.3 is 0 Å². The van der Waals surface area contributed by atoms with Crippen LogP contribution in [0.3, 0.4) is 0 Å². The Labute approximate surface area is 170 Å². The van der Waals surface area contributed by atoms with Gasteiger partial charge in [0.1, 0.15) is 6.04 Å². The first-order valence-electron chi connectivity index (χ1n) is 10.1. The molecular weight excluding hydrogens is 380 g/mol. The second-order valence-electron chi connectivity index (χ2n) is 8.20. The van der Waals surface area contributed by atoms with E-state index in [1.54, 1.807) is 23.6 Å². The van der Waals surface area contributed by atoms with Crippen LogP contribution in [0.2, 0.25) is 0 Å². The highest BCUT2D eigenvalue weighted by atomic mass is 16.3. The minimum absolute atomic E-state index is 0.0951. The van der Waals surface area contributed by atoms with Gasteiger partial charge in [-0.05, 0) is 26.7 Å². The second-order valence-corrected chi connectivity index (χ2v) is 8.20. The van der Waals surface area contributed by atoms with E-state index in [2.05, 4.69) is 5.32 Å². The molecule has 164 valence electrons. The van der Waals surface area contributed by atoms with Crippen LogP contribution in [-0.4, -0.2) is 88.1 Å². The quantitative estimate of drug-likeness (QED) is 0.381. The van der Waals surface area contributed by atoms with Crippen molar-refractivity contribution < 1.29 is 29.4 Å². The van der Waals surface area contributed by atoms with Gasteiger partial charge in [-0.1, -0.05) is 6.92 Å². The summed E-state index contributed by atoms with van der Waals surface area (Å²) in [5.41, 5.74) is 5.19. The van der Waals surface area contributed by atoms with Crippen molar-refractivity contribution in [1.82, 2.24) is 15.1 Å². The number of aliphatic hydroxyl groups excluding tert-OH is 2. The Morgan fingerprint density at radius 1 is 0.931 bits per heavy atom. The Hall–Kier alpha value is -2.20. The Morgan fingerprint density at radius 3 is 2.03 bits per heavy atom. The maximum absolute atomic E-state index is 12.8. The van der Waals surface area contributed by atoms with Crippen LogP contribution in [0.15, 0.2) is 0 Å². The normalized spacial score (nSPS) is 26.0. The third-order valence-corrected chi connectivity index (χ3v) is 5.92. The molecule has 2 heterocycles. The van der Waals surface area contributed by atoms with Crippen LogP contribution in [-0.2, 0) is 19.2 Å². The highest BCUT2D eigenvalue weighted by Gasteiger charge is 2.39. The maximum Gasteiger partial charge on any atom is 0.242 e. The van der Waals surface area contributed by atoms with Crippen LogP contribution in [0, 0.1) is 17.8 Å². The van der Waals surface area contributed by atoms with Crippen LogP contribution < -0.4 is 11.1 Å². The van der Waals surface area contributed by atoms with Crippen molar-refractivity contribution in [3.63, 3.8) is 0 Å². The number of hydrogen-bond acceptors (Lipinski definition) is 6. The van der Waals surface area contributed by atoms with Gasteiger partial charge in [0, 0.05) is 26.2 Å². The van der Waals surface area contributed by atoms with Crippen LogP contribution in [0.4, 0.5) is 0 Å². The lowest BCUT2D eigenvalue weighted by molar-refractivity contribution is -0.138. The molecular formula is C19H32N4O6. The van der Waals surface area contributed by atoms with Gasteiger partial charge in [0.2, 0.25) is 23.6 Å². The molecule has 0 aromatic heterocycles. The summed E-state index contributed by atoms with van der Waals surface area (Å²) in [5, 5.41) is 21.6. The summed E-state index contributed by atoms with van der Waals surface area (Å²) in [4.78, 5) is 52.1. The van der Waals surface area contributed by atoms with E-state index in [0.717, 1.165) is 0 Å². The SMILES string of the molecule is C[C@H](C(=O)N1CC[C@@H](C(=O)N2CC[C@@H](C(=O)N[C@H](C(N)=O)[C@@H](C)O)C2)C1)[C@@H](C)O. The molecule has 2 rings (SSSR count). The van der Waals surface area contributed by atoms with Gasteiger partial charge in [-0.15, -0.1) is 0 Å². The summed E-state index contributed by atoms with van der Waals surface area (Å²) in [5.74, 6) is -2.81. The summed E-state index contributed by atoms with van der Waals surface area (Å²) >= 11 is 0. The molecule has 0 aliphatic carbocycles.